The van der Waals surface area contributed by atoms with E-state index in [0.29, 0.717) is 19.4 Å². The summed E-state index contributed by atoms with van der Waals surface area (Å²) in [7, 11) is -3.89. The second-order valence-corrected chi connectivity index (χ2v) is 8.18. The molecule has 0 amide bonds. The van der Waals surface area contributed by atoms with Crippen molar-refractivity contribution in [2.75, 3.05) is 13.1 Å². The fraction of sp³-hybridized carbons (Fsp3) is 0.333. The molecule has 1 aromatic carbocycles. The van der Waals surface area contributed by atoms with E-state index < -0.39 is 15.8 Å². The molecule has 1 aliphatic heterocycles. The zero-order chi connectivity index (χ0) is 17.2. The number of hydrogen-bond acceptors (Lipinski definition) is 5. The van der Waals surface area contributed by atoms with Gasteiger partial charge >= 0.3 is 6.01 Å². The van der Waals surface area contributed by atoms with Crippen molar-refractivity contribution in [3.05, 3.63) is 46.9 Å². The third kappa shape index (κ3) is 3.73. The van der Waals surface area contributed by atoms with Gasteiger partial charge in [0.1, 0.15) is 16.8 Å². The molecule has 24 heavy (non-hydrogen) atoms. The van der Waals surface area contributed by atoms with E-state index in [1.165, 1.54) is 22.5 Å². The molecule has 0 N–H and O–H groups in total. The van der Waals surface area contributed by atoms with Gasteiger partial charge in [0.15, 0.2) is 0 Å². The van der Waals surface area contributed by atoms with Crippen molar-refractivity contribution < 1.29 is 17.5 Å². The molecule has 0 bridgehead atoms. The number of nitrogens with zero attached hydrogens (tertiary/aromatic N) is 3. The molecule has 1 saturated heterocycles. The van der Waals surface area contributed by atoms with Crippen molar-refractivity contribution >= 4 is 26.0 Å². The zero-order valence-electron chi connectivity index (χ0n) is 12.6. The van der Waals surface area contributed by atoms with Gasteiger partial charge in [-0.25, -0.2) is 22.8 Å². The van der Waals surface area contributed by atoms with Gasteiger partial charge in [0.05, 0.1) is 11.0 Å². The van der Waals surface area contributed by atoms with Gasteiger partial charge in [-0.1, -0.05) is 12.1 Å². The molecule has 0 aliphatic carbocycles. The Morgan fingerprint density at radius 2 is 1.96 bits per heavy atom. The summed E-state index contributed by atoms with van der Waals surface area (Å²) < 4.78 is 46.8. The number of benzene rings is 1. The van der Waals surface area contributed by atoms with Crippen LogP contribution < -0.4 is 4.74 Å². The molecule has 6 nitrogen and oxygen atoms in total. The van der Waals surface area contributed by atoms with Crippen molar-refractivity contribution in [1.82, 2.24) is 14.3 Å². The van der Waals surface area contributed by atoms with Crippen molar-refractivity contribution in [3.63, 3.8) is 0 Å². The van der Waals surface area contributed by atoms with Gasteiger partial charge in [-0.3, -0.25) is 0 Å². The first-order valence-corrected chi connectivity index (χ1v) is 9.59. The van der Waals surface area contributed by atoms with Gasteiger partial charge in [0.25, 0.3) is 0 Å². The van der Waals surface area contributed by atoms with Gasteiger partial charge in [0.2, 0.25) is 10.0 Å². The monoisotopic (exact) mass is 415 g/mol. The summed E-state index contributed by atoms with van der Waals surface area (Å²) in [5.74, 6) is -0.753. The average molecular weight is 416 g/mol. The SMILES string of the molecule is O=S(=O)(c1ccccc1F)N1CCCC(Oc2ncc(Br)cn2)C1. The second-order valence-electron chi connectivity index (χ2n) is 5.36. The summed E-state index contributed by atoms with van der Waals surface area (Å²) in [6.45, 7) is 0.466. The Balaban J connectivity index is 1.75. The summed E-state index contributed by atoms with van der Waals surface area (Å²) >= 11 is 3.24. The van der Waals surface area contributed by atoms with Crippen LogP contribution in [0.15, 0.2) is 46.0 Å². The predicted molar refractivity (Wildman–Crippen MR) is 88.5 cm³/mol. The lowest BCUT2D eigenvalue weighted by atomic mass is 10.1. The van der Waals surface area contributed by atoms with E-state index in [2.05, 4.69) is 25.9 Å². The molecular weight excluding hydrogens is 401 g/mol. The highest BCUT2D eigenvalue weighted by Crippen LogP contribution is 2.24. The number of sulfonamides is 1. The summed E-state index contributed by atoms with van der Waals surface area (Å²) in [6.07, 6.45) is 4.04. The Morgan fingerprint density at radius 1 is 1.25 bits per heavy atom. The summed E-state index contributed by atoms with van der Waals surface area (Å²) in [6, 6.07) is 5.56. The number of halogens is 2. The molecule has 1 atom stereocenters. The van der Waals surface area contributed by atoms with Gasteiger partial charge < -0.3 is 4.74 Å². The van der Waals surface area contributed by atoms with Crippen molar-refractivity contribution in [3.8, 4) is 6.01 Å². The zero-order valence-corrected chi connectivity index (χ0v) is 15.0. The van der Waals surface area contributed by atoms with E-state index >= 15 is 0 Å². The van der Waals surface area contributed by atoms with E-state index in [-0.39, 0.29) is 23.6 Å². The quantitative estimate of drug-likeness (QED) is 0.767. The maximum absolute atomic E-state index is 13.9. The molecule has 1 aromatic heterocycles. The van der Waals surface area contributed by atoms with Crippen LogP contribution in [0, 0.1) is 5.82 Å². The first kappa shape index (κ1) is 17.2. The molecule has 128 valence electrons. The van der Waals surface area contributed by atoms with Crippen molar-refractivity contribution in [1.29, 1.82) is 0 Å². The highest BCUT2D eigenvalue weighted by molar-refractivity contribution is 9.10. The van der Waals surface area contributed by atoms with Gasteiger partial charge in [-0.05, 0) is 40.9 Å². The van der Waals surface area contributed by atoms with Crippen LogP contribution in [0.5, 0.6) is 6.01 Å². The Bertz CT molecular complexity index is 817. The maximum Gasteiger partial charge on any atom is 0.316 e. The molecule has 2 heterocycles. The molecule has 2 aromatic rings. The number of ether oxygens (including phenoxy) is 1. The Hall–Kier alpha value is -1.58. The van der Waals surface area contributed by atoms with Crippen molar-refractivity contribution in [2.24, 2.45) is 0 Å². The normalized spacial score (nSPS) is 19.2. The second kappa shape index (κ2) is 7.12. The fourth-order valence-corrected chi connectivity index (χ4v) is 4.30. The summed E-state index contributed by atoms with van der Waals surface area (Å²) in [4.78, 5) is 7.73. The van der Waals surface area contributed by atoms with Gasteiger partial charge in [-0.2, -0.15) is 4.31 Å². The summed E-state index contributed by atoms with van der Waals surface area (Å²) in [5.41, 5.74) is 0. The van der Waals surface area contributed by atoms with E-state index in [1.807, 2.05) is 0 Å². The third-order valence-corrected chi connectivity index (χ3v) is 5.97. The predicted octanol–water partition coefficient (Wildman–Crippen LogP) is 2.61. The highest BCUT2D eigenvalue weighted by atomic mass is 79.9. The van der Waals surface area contributed by atoms with Gasteiger partial charge in [-0.15, -0.1) is 0 Å². The van der Waals surface area contributed by atoms with Crippen LogP contribution in [-0.2, 0) is 10.0 Å². The summed E-state index contributed by atoms with van der Waals surface area (Å²) in [5, 5.41) is 0. The largest absolute Gasteiger partial charge is 0.459 e. The van der Waals surface area contributed by atoms with Gasteiger partial charge in [0, 0.05) is 18.9 Å². The van der Waals surface area contributed by atoms with Crippen LogP contribution in [0.25, 0.3) is 0 Å². The van der Waals surface area contributed by atoms with Crippen LogP contribution in [0.2, 0.25) is 0 Å². The van der Waals surface area contributed by atoms with Crippen LogP contribution in [0.1, 0.15) is 12.8 Å². The van der Waals surface area contributed by atoms with Crippen LogP contribution in [0.4, 0.5) is 4.39 Å². The number of rotatable bonds is 4. The maximum atomic E-state index is 13.9. The molecule has 0 saturated carbocycles. The minimum atomic E-state index is -3.89. The Labute approximate surface area is 147 Å². The van der Waals surface area contributed by atoms with E-state index in [0.717, 1.165) is 10.5 Å². The van der Waals surface area contributed by atoms with E-state index in [4.69, 9.17) is 4.74 Å². The topological polar surface area (TPSA) is 72.4 Å². The fourth-order valence-electron chi connectivity index (χ4n) is 2.52. The van der Waals surface area contributed by atoms with Crippen molar-refractivity contribution in [2.45, 2.75) is 23.8 Å². The molecule has 0 spiro atoms. The van der Waals surface area contributed by atoms with Crippen LogP contribution in [-0.4, -0.2) is 41.9 Å². The van der Waals surface area contributed by atoms with E-state index in [1.54, 1.807) is 12.4 Å². The van der Waals surface area contributed by atoms with Crippen LogP contribution in [0.3, 0.4) is 0 Å². The minimum Gasteiger partial charge on any atom is -0.459 e. The Kier molecular flexibility index (Phi) is 5.12. The lowest BCUT2D eigenvalue weighted by molar-refractivity contribution is 0.119. The lowest BCUT2D eigenvalue weighted by Gasteiger charge is -2.31. The lowest BCUT2D eigenvalue weighted by Crippen LogP contribution is -2.44. The first-order chi connectivity index (χ1) is 11.5. The highest BCUT2D eigenvalue weighted by Gasteiger charge is 2.33. The molecular formula is C15H15BrFN3O3S. The molecule has 1 fully saturated rings. The molecule has 0 radical (unpaired) electrons. The third-order valence-electron chi connectivity index (χ3n) is 3.66. The van der Waals surface area contributed by atoms with E-state index in [9.17, 15) is 12.8 Å². The average Bonchev–Trinajstić information content (AvgIpc) is 2.57. The number of hydrogen-bond donors (Lipinski definition) is 0. The standard InChI is InChI=1S/C15H15BrFN3O3S/c16-11-8-18-15(19-9-11)23-12-4-3-7-20(10-12)24(21,22)14-6-2-1-5-13(14)17/h1-2,5-6,8-9,12H,3-4,7,10H2. The molecule has 3 rings (SSSR count). The number of aromatic nitrogens is 2. The molecule has 9 heteroatoms. The minimum absolute atomic E-state index is 0.135. The van der Waals surface area contributed by atoms with Crippen LogP contribution >= 0.6 is 15.9 Å². The molecule has 1 aliphatic rings. The smallest absolute Gasteiger partial charge is 0.316 e. The first-order valence-electron chi connectivity index (χ1n) is 7.36. The number of piperidine rings is 1. The Morgan fingerprint density at radius 3 is 2.67 bits per heavy atom. The molecule has 1 unspecified atom stereocenters.